The van der Waals surface area contributed by atoms with Crippen LogP contribution in [0.2, 0.25) is 5.02 Å². The molecule has 0 unspecified atom stereocenters. The Kier molecular flexibility index (Phi) is 5.56. The van der Waals surface area contributed by atoms with Crippen molar-refractivity contribution in [1.82, 2.24) is 4.90 Å². The van der Waals surface area contributed by atoms with E-state index in [4.69, 9.17) is 16.7 Å². The summed E-state index contributed by atoms with van der Waals surface area (Å²) in [5.41, 5.74) is -0.0667. The summed E-state index contributed by atoms with van der Waals surface area (Å²) in [6, 6.07) is 4.21. The van der Waals surface area contributed by atoms with Gasteiger partial charge in [0.1, 0.15) is 0 Å². The van der Waals surface area contributed by atoms with E-state index in [-0.39, 0.29) is 15.5 Å². The molecule has 1 aromatic carbocycles. The third-order valence-corrected chi connectivity index (χ3v) is 4.15. The molecule has 0 radical (unpaired) electrons. The Morgan fingerprint density at radius 3 is 2.50 bits per heavy atom. The SMILES string of the molecule is CC(C)CCN(C)C(=O)c1c(Cl)cccc1S(N)(=O)=O. The maximum absolute atomic E-state index is 12.4. The van der Waals surface area contributed by atoms with Crippen molar-refractivity contribution < 1.29 is 13.2 Å². The van der Waals surface area contributed by atoms with Crippen molar-refractivity contribution in [1.29, 1.82) is 0 Å². The van der Waals surface area contributed by atoms with Crippen molar-refractivity contribution in [3.05, 3.63) is 28.8 Å². The van der Waals surface area contributed by atoms with Crippen LogP contribution in [0.5, 0.6) is 0 Å². The molecule has 0 spiro atoms. The molecule has 0 fully saturated rings. The summed E-state index contributed by atoms with van der Waals surface area (Å²) < 4.78 is 23.1. The molecule has 0 aromatic heterocycles. The average molecular weight is 319 g/mol. The van der Waals surface area contributed by atoms with Crippen molar-refractivity contribution in [2.24, 2.45) is 11.1 Å². The zero-order valence-electron chi connectivity index (χ0n) is 11.8. The molecule has 0 aliphatic carbocycles. The third-order valence-electron chi connectivity index (χ3n) is 2.88. The number of benzene rings is 1. The number of hydrogen-bond donors (Lipinski definition) is 1. The van der Waals surface area contributed by atoms with Gasteiger partial charge in [0, 0.05) is 13.6 Å². The van der Waals surface area contributed by atoms with Gasteiger partial charge in [0.05, 0.1) is 15.5 Å². The second-order valence-corrected chi connectivity index (χ2v) is 7.00. The molecule has 1 amide bonds. The minimum atomic E-state index is -4.00. The van der Waals surface area contributed by atoms with Gasteiger partial charge in [-0.1, -0.05) is 31.5 Å². The van der Waals surface area contributed by atoms with Crippen LogP contribution in [0.3, 0.4) is 0 Å². The molecule has 0 aliphatic rings. The second-order valence-electron chi connectivity index (χ2n) is 5.07. The molecule has 5 nitrogen and oxygen atoms in total. The minimum Gasteiger partial charge on any atom is -0.342 e. The predicted octanol–water partition coefficient (Wildman–Crippen LogP) is 2.11. The van der Waals surface area contributed by atoms with Crippen LogP contribution in [0, 0.1) is 5.92 Å². The van der Waals surface area contributed by atoms with Crippen LogP contribution < -0.4 is 5.14 Å². The van der Waals surface area contributed by atoms with Gasteiger partial charge in [0.25, 0.3) is 5.91 Å². The summed E-state index contributed by atoms with van der Waals surface area (Å²) in [4.78, 5) is 13.6. The molecule has 1 rings (SSSR count). The first kappa shape index (κ1) is 16.9. The van der Waals surface area contributed by atoms with Gasteiger partial charge in [-0.05, 0) is 24.5 Å². The van der Waals surface area contributed by atoms with E-state index in [9.17, 15) is 13.2 Å². The average Bonchev–Trinajstić information content (AvgIpc) is 2.33. The number of carbonyl (C=O) groups is 1. The van der Waals surface area contributed by atoms with Crippen molar-refractivity contribution in [2.45, 2.75) is 25.2 Å². The van der Waals surface area contributed by atoms with Crippen LogP contribution >= 0.6 is 11.6 Å². The van der Waals surface area contributed by atoms with Crippen molar-refractivity contribution in [2.75, 3.05) is 13.6 Å². The molecule has 0 saturated carbocycles. The Bertz CT molecular complexity index is 600. The fourth-order valence-corrected chi connectivity index (χ4v) is 2.75. The molecule has 0 aliphatic heterocycles. The summed E-state index contributed by atoms with van der Waals surface area (Å²) in [6.45, 7) is 4.61. The number of hydrogen-bond acceptors (Lipinski definition) is 3. The van der Waals surface area contributed by atoms with E-state index in [1.54, 1.807) is 7.05 Å². The fourth-order valence-electron chi connectivity index (χ4n) is 1.69. The smallest absolute Gasteiger partial charge is 0.256 e. The van der Waals surface area contributed by atoms with Gasteiger partial charge in [-0.15, -0.1) is 0 Å². The summed E-state index contributed by atoms with van der Waals surface area (Å²) in [6.07, 6.45) is 0.817. The van der Waals surface area contributed by atoms with E-state index in [1.165, 1.54) is 23.1 Å². The zero-order chi connectivity index (χ0) is 15.5. The lowest BCUT2D eigenvalue weighted by Crippen LogP contribution is -2.30. The van der Waals surface area contributed by atoms with Gasteiger partial charge in [0.15, 0.2) is 0 Å². The summed E-state index contributed by atoms with van der Waals surface area (Å²) in [5, 5.41) is 5.21. The summed E-state index contributed by atoms with van der Waals surface area (Å²) >= 11 is 5.97. The molecule has 0 atom stereocenters. The number of sulfonamides is 1. The van der Waals surface area contributed by atoms with Gasteiger partial charge in [-0.3, -0.25) is 4.79 Å². The molecule has 2 N–H and O–H groups in total. The lowest BCUT2D eigenvalue weighted by atomic mass is 10.1. The highest BCUT2D eigenvalue weighted by Crippen LogP contribution is 2.24. The highest BCUT2D eigenvalue weighted by molar-refractivity contribution is 7.89. The number of amides is 1. The fraction of sp³-hybridized carbons (Fsp3) is 0.462. The van der Waals surface area contributed by atoms with E-state index < -0.39 is 15.9 Å². The van der Waals surface area contributed by atoms with Gasteiger partial charge < -0.3 is 4.90 Å². The molecular formula is C13H19ClN2O3S. The van der Waals surface area contributed by atoms with Crippen LogP contribution in [-0.2, 0) is 10.0 Å². The molecule has 20 heavy (non-hydrogen) atoms. The number of rotatable bonds is 5. The van der Waals surface area contributed by atoms with Crippen LogP contribution in [0.15, 0.2) is 23.1 Å². The van der Waals surface area contributed by atoms with Gasteiger partial charge in [0.2, 0.25) is 10.0 Å². The molecule has 0 bridgehead atoms. The number of carbonyl (C=O) groups excluding carboxylic acids is 1. The summed E-state index contributed by atoms with van der Waals surface area (Å²) in [7, 11) is -2.39. The van der Waals surface area contributed by atoms with Gasteiger partial charge >= 0.3 is 0 Å². The monoisotopic (exact) mass is 318 g/mol. The Morgan fingerprint density at radius 1 is 1.40 bits per heavy atom. The third kappa shape index (κ3) is 4.19. The van der Waals surface area contributed by atoms with Crippen molar-refractivity contribution >= 4 is 27.5 Å². The largest absolute Gasteiger partial charge is 0.342 e. The molecule has 0 saturated heterocycles. The number of nitrogens with zero attached hydrogens (tertiary/aromatic N) is 1. The Morgan fingerprint density at radius 2 is 2.00 bits per heavy atom. The highest BCUT2D eigenvalue weighted by Gasteiger charge is 2.24. The maximum atomic E-state index is 12.4. The lowest BCUT2D eigenvalue weighted by molar-refractivity contribution is 0.0785. The maximum Gasteiger partial charge on any atom is 0.256 e. The first-order chi connectivity index (χ1) is 9.14. The van der Waals surface area contributed by atoms with Crippen LogP contribution in [0.1, 0.15) is 30.6 Å². The van der Waals surface area contributed by atoms with E-state index in [0.717, 1.165) is 6.42 Å². The molecule has 0 heterocycles. The Balaban J connectivity index is 3.16. The lowest BCUT2D eigenvalue weighted by Gasteiger charge is -2.20. The first-order valence-corrected chi connectivity index (χ1v) is 8.13. The Labute approximate surface area is 124 Å². The molecule has 112 valence electrons. The normalized spacial score (nSPS) is 11.7. The standard InChI is InChI=1S/C13H19ClN2O3S/c1-9(2)7-8-16(3)13(17)12-10(14)5-4-6-11(12)20(15,18)19/h4-6,9H,7-8H2,1-3H3,(H2,15,18,19). The molecular weight excluding hydrogens is 300 g/mol. The zero-order valence-corrected chi connectivity index (χ0v) is 13.3. The van der Waals surface area contributed by atoms with E-state index in [2.05, 4.69) is 0 Å². The predicted molar refractivity (Wildman–Crippen MR) is 79.2 cm³/mol. The van der Waals surface area contributed by atoms with Crippen LogP contribution in [-0.4, -0.2) is 32.8 Å². The van der Waals surface area contributed by atoms with E-state index in [0.29, 0.717) is 12.5 Å². The van der Waals surface area contributed by atoms with Crippen LogP contribution in [0.4, 0.5) is 0 Å². The first-order valence-electron chi connectivity index (χ1n) is 6.21. The van der Waals surface area contributed by atoms with E-state index in [1.807, 2.05) is 13.8 Å². The quantitative estimate of drug-likeness (QED) is 0.902. The molecule has 1 aromatic rings. The highest BCUT2D eigenvalue weighted by atomic mass is 35.5. The number of primary sulfonamides is 1. The topological polar surface area (TPSA) is 80.5 Å². The second kappa shape index (κ2) is 6.56. The van der Waals surface area contributed by atoms with E-state index >= 15 is 0 Å². The minimum absolute atomic E-state index is 0.0667. The number of nitrogens with two attached hydrogens (primary N) is 1. The molecule has 7 heteroatoms. The summed E-state index contributed by atoms with van der Waals surface area (Å²) in [5.74, 6) is -0.00511. The number of halogens is 1. The van der Waals surface area contributed by atoms with Gasteiger partial charge in [-0.25, -0.2) is 13.6 Å². The van der Waals surface area contributed by atoms with Crippen LogP contribution in [0.25, 0.3) is 0 Å². The van der Waals surface area contributed by atoms with Crippen molar-refractivity contribution in [3.8, 4) is 0 Å². The van der Waals surface area contributed by atoms with Gasteiger partial charge in [-0.2, -0.15) is 0 Å². The Hall–Kier alpha value is -1.11. The van der Waals surface area contributed by atoms with Crippen molar-refractivity contribution in [3.63, 3.8) is 0 Å².